The first-order chi connectivity index (χ1) is 9.62. The number of nitrogens with one attached hydrogen (secondary N) is 1. The van der Waals surface area contributed by atoms with Gasteiger partial charge in [0.15, 0.2) is 0 Å². The summed E-state index contributed by atoms with van der Waals surface area (Å²) in [5, 5.41) is 13.8. The van der Waals surface area contributed by atoms with Crippen molar-refractivity contribution in [2.24, 2.45) is 0 Å². The molecule has 1 fully saturated rings. The molecule has 1 aliphatic rings. The standard InChI is InChI=1S/C16H15NO3/c18-14(17-16(15(19)20)9-4-10-16)13-8-3-6-11-5-1-2-7-12(11)13/h1-3,5-8H,4,9-10H2,(H,17,18)(H,19,20). The molecule has 102 valence electrons. The van der Waals surface area contributed by atoms with Crippen molar-refractivity contribution in [2.75, 3.05) is 0 Å². The monoisotopic (exact) mass is 269 g/mol. The van der Waals surface area contributed by atoms with Crippen molar-refractivity contribution in [3.05, 3.63) is 48.0 Å². The molecule has 0 radical (unpaired) electrons. The lowest BCUT2D eigenvalue weighted by molar-refractivity contribution is -0.148. The van der Waals surface area contributed by atoms with Gasteiger partial charge in [-0.3, -0.25) is 4.79 Å². The zero-order valence-electron chi connectivity index (χ0n) is 10.9. The molecular weight excluding hydrogens is 254 g/mol. The van der Waals surface area contributed by atoms with E-state index in [1.807, 2.05) is 36.4 Å². The number of carbonyl (C=O) groups excluding carboxylic acids is 1. The molecule has 0 unspecified atom stereocenters. The van der Waals surface area contributed by atoms with E-state index in [1.54, 1.807) is 6.07 Å². The molecule has 20 heavy (non-hydrogen) atoms. The minimum Gasteiger partial charge on any atom is -0.480 e. The van der Waals surface area contributed by atoms with Gasteiger partial charge < -0.3 is 10.4 Å². The number of fused-ring (bicyclic) bond motifs is 1. The Balaban J connectivity index is 1.95. The smallest absolute Gasteiger partial charge is 0.329 e. The van der Waals surface area contributed by atoms with Crippen LogP contribution in [0.2, 0.25) is 0 Å². The van der Waals surface area contributed by atoms with E-state index >= 15 is 0 Å². The molecule has 0 aromatic heterocycles. The number of amides is 1. The van der Waals surface area contributed by atoms with Crippen molar-refractivity contribution in [1.82, 2.24) is 5.32 Å². The molecule has 0 saturated heterocycles. The fourth-order valence-electron chi connectivity index (χ4n) is 2.63. The van der Waals surface area contributed by atoms with E-state index in [0.29, 0.717) is 18.4 Å². The van der Waals surface area contributed by atoms with E-state index in [9.17, 15) is 14.7 Å². The average Bonchev–Trinajstić information content (AvgIpc) is 2.41. The second-order valence-corrected chi connectivity index (χ2v) is 5.22. The van der Waals surface area contributed by atoms with Crippen LogP contribution in [0.4, 0.5) is 0 Å². The van der Waals surface area contributed by atoms with E-state index in [2.05, 4.69) is 5.32 Å². The number of carbonyl (C=O) groups is 2. The maximum atomic E-state index is 12.4. The van der Waals surface area contributed by atoms with Gasteiger partial charge in [0.2, 0.25) is 0 Å². The van der Waals surface area contributed by atoms with Crippen LogP contribution in [-0.4, -0.2) is 22.5 Å². The fourth-order valence-corrected chi connectivity index (χ4v) is 2.63. The van der Waals surface area contributed by atoms with Crippen LogP contribution in [0.1, 0.15) is 29.6 Å². The lowest BCUT2D eigenvalue weighted by atomic mass is 9.76. The van der Waals surface area contributed by atoms with Crippen molar-refractivity contribution >= 4 is 22.6 Å². The second-order valence-electron chi connectivity index (χ2n) is 5.22. The Morgan fingerprint density at radius 3 is 2.40 bits per heavy atom. The highest BCUT2D eigenvalue weighted by molar-refractivity contribution is 6.08. The Morgan fingerprint density at radius 2 is 1.75 bits per heavy atom. The van der Waals surface area contributed by atoms with Gasteiger partial charge in [0, 0.05) is 5.56 Å². The molecule has 0 bridgehead atoms. The maximum absolute atomic E-state index is 12.4. The normalized spacial score (nSPS) is 16.4. The Morgan fingerprint density at radius 1 is 1.05 bits per heavy atom. The van der Waals surface area contributed by atoms with Gasteiger partial charge in [0.25, 0.3) is 5.91 Å². The van der Waals surface area contributed by atoms with E-state index in [4.69, 9.17) is 0 Å². The van der Waals surface area contributed by atoms with Gasteiger partial charge in [0.1, 0.15) is 5.54 Å². The van der Waals surface area contributed by atoms with E-state index in [-0.39, 0.29) is 5.91 Å². The number of benzene rings is 2. The minimum atomic E-state index is -1.08. The Hall–Kier alpha value is -2.36. The number of carboxylic acids is 1. The van der Waals surface area contributed by atoms with Crippen molar-refractivity contribution in [3.63, 3.8) is 0 Å². The van der Waals surface area contributed by atoms with Crippen LogP contribution < -0.4 is 5.32 Å². The van der Waals surface area contributed by atoms with E-state index in [0.717, 1.165) is 17.2 Å². The first-order valence-electron chi connectivity index (χ1n) is 6.66. The van der Waals surface area contributed by atoms with Gasteiger partial charge in [0.05, 0.1) is 0 Å². The average molecular weight is 269 g/mol. The van der Waals surface area contributed by atoms with Gasteiger partial charge >= 0.3 is 5.97 Å². The number of carboxylic acid groups (broad SMARTS) is 1. The fraction of sp³-hybridized carbons (Fsp3) is 0.250. The van der Waals surface area contributed by atoms with Gasteiger partial charge in [-0.2, -0.15) is 0 Å². The molecule has 0 atom stereocenters. The largest absolute Gasteiger partial charge is 0.480 e. The highest BCUT2D eigenvalue weighted by Crippen LogP contribution is 2.32. The predicted octanol–water partition coefficient (Wildman–Crippen LogP) is 2.58. The molecular formula is C16H15NO3. The Kier molecular flexibility index (Phi) is 2.93. The Bertz CT molecular complexity index is 684. The lowest BCUT2D eigenvalue weighted by Crippen LogP contribution is -2.59. The molecule has 1 aliphatic carbocycles. The SMILES string of the molecule is O=C(NC1(C(=O)O)CCC1)c1cccc2ccccc12. The molecule has 0 aliphatic heterocycles. The molecule has 4 nitrogen and oxygen atoms in total. The van der Waals surface area contributed by atoms with E-state index in [1.165, 1.54) is 0 Å². The molecule has 1 saturated carbocycles. The summed E-state index contributed by atoms with van der Waals surface area (Å²) in [5.41, 5.74) is -0.552. The van der Waals surface area contributed by atoms with Gasteiger partial charge in [-0.15, -0.1) is 0 Å². The predicted molar refractivity (Wildman–Crippen MR) is 75.6 cm³/mol. The summed E-state index contributed by atoms with van der Waals surface area (Å²) in [4.78, 5) is 23.7. The number of rotatable bonds is 3. The van der Waals surface area contributed by atoms with Crippen molar-refractivity contribution in [3.8, 4) is 0 Å². The first kappa shape index (κ1) is 12.7. The summed E-state index contributed by atoms with van der Waals surface area (Å²) < 4.78 is 0. The first-order valence-corrected chi connectivity index (χ1v) is 6.66. The van der Waals surface area contributed by atoms with Crippen LogP contribution in [0.3, 0.4) is 0 Å². The molecule has 2 N–H and O–H groups in total. The topological polar surface area (TPSA) is 66.4 Å². The maximum Gasteiger partial charge on any atom is 0.329 e. The van der Waals surface area contributed by atoms with Crippen LogP contribution >= 0.6 is 0 Å². The molecule has 2 aromatic carbocycles. The summed E-state index contributed by atoms with van der Waals surface area (Å²) in [6.07, 6.45) is 1.83. The summed E-state index contributed by atoms with van der Waals surface area (Å²) in [7, 11) is 0. The van der Waals surface area contributed by atoms with Gasteiger partial charge in [-0.05, 0) is 36.1 Å². The third-order valence-corrected chi connectivity index (χ3v) is 4.00. The third-order valence-electron chi connectivity index (χ3n) is 4.00. The molecule has 2 aromatic rings. The van der Waals surface area contributed by atoms with Gasteiger partial charge in [-0.25, -0.2) is 4.79 Å². The zero-order chi connectivity index (χ0) is 14.2. The van der Waals surface area contributed by atoms with Crippen molar-refractivity contribution in [1.29, 1.82) is 0 Å². The molecule has 4 heteroatoms. The molecule has 1 amide bonds. The van der Waals surface area contributed by atoms with Gasteiger partial charge in [-0.1, -0.05) is 36.4 Å². The van der Waals surface area contributed by atoms with Crippen LogP contribution in [0.15, 0.2) is 42.5 Å². The van der Waals surface area contributed by atoms with Crippen LogP contribution in [0, 0.1) is 0 Å². The minimum absolute atomic E-state index is 0.316. The molecule has 0 heterocycles. The highest BCUT2D eigenvalue weighted by atomic mass is 16.4. The van der Waals surface area contributed by atoms with Crippen LogP contribution in [-0.2, 0) is 4.79 Å². The molecule has 3 rings (SSSR count). The number of hydrogen-bond acceptors (Lipinski definition) is 2. The second kappa shape index (κ2) is 4.63. The summed E-state index contributed by atoms with van der Waals surface area (Å²) in [6, 6.07) is 13.1. The van der Waals surface area contributed by atoms with Crippen LogP contribution in [0.25, 0.3) is 10.8 Å². The number of aliphatic carboxylic acids is 1. The van der Waals surface area contributed by atoms with Crippen LogP contribution in [0.5, 0.6) is 0 Å². The number of hydrogen-bond donors (Lipinski definition) is 2. The Labute approximate surface area is 116 Å². The summed E-state index contributed by atoms with van der Waals surface area (Å²) >= 11 is 0. The highest BCUT2D eigenvalue weighted by Gasteiger charge is 2.45. The lowest BCUT2D eigenvalue weighted by Gasteiger charge is -2.38. The zero-order valence-corrected chi connectivity index (χ0v) is 10.9. The summed E-state index contributed by atoms with van der Waals surface area (Å²) in [5.74, 6) is -1.26. The van der Waals surface area contributed by atoms with Crippen molar-refractivity contribution in [2.45, 2.75) is 24.8 Å². The summed E-state index contributed by atoms with van der Waals surface area (Å²) in [6.45, 7) is 0. The van der Waals surface area contributed by atoms with Crippen molar-refractivity contribution < 1.29 is 14.7 Å². The van der Waals surface area contributed by atoms with E-state index < -0.39 is 11.5 Å². The third kappa shape index (κ3) is 1.93. The molecule has 0 spiro atoms. The quantitative estimate of drug-likeness (QED) is 0.900.